The van der Waals surface area contributed by atoms with E-state index in [4.69, 9.17) is 0 Å². The first-order chi connectivity index (χ1) is 11.9. The van der Waals surface area contributed by atoms with Crippen molar-refractivity contribution in [2.24, 2.45) is 7.05 Å². The molecular formula is C14H12F5N3O3S. The fraction of sp³-hybridized carbons (Fsp3) is 0.286. The van der Waals surface area contributed by atoms with Crippen molar-refractivity contribution in [1.82, 2.24) is 14.1 Å². The molecule has 0 N–H and O–H groups in total. The Balaban J connectivity index is 2.59. The van der Waals surface area contributed by atoms with Crippen LogP contribution in [0.3, 0.4) is 0 Å². The molecule has 0 aliphatic heterocycles. The van der Waals surface area contributed by atoms with E-state index in [0.717, 1.165) is 4.68 Å². The number of hydrogen-bond donors (Lipinski definition) is 0. The number of rotatable bonds is 4. The zero-order chi connectivity index (χ0) is 19.9. The predicted molar refractivity (Wildman–Crippen MR) is 79.6 cm³/mol. The SMILES string of the molecule is CN([C@H](c1ccc(F)c(F)c1)C(F)(F)F)S(=O)(=O)c1cnn(C)c(=O)c1. The highest BCUT2D eigenvalue weighted by atomic mass is 32.2. The molecule has 0 fully saturated rings. The summed E-state index contributed by atoms with van der Waals surface area (Å²) in [6, 6.07) is -0.833. The smallest absolute Gasteiger partial charge is 0.268 e. The van der Waals surface area contributed by atoms with E-state index in [2.05, 4.69) is 5.10 Å². The van der Waals surface area contributed by atoms with Gasteiger partial charge in [0.15, 0.2) is 11.6 Å². The van der Waals surface area contributed by atoms with Crippen LogP contribution in [0.1, 0.15) is 11.6 Å². The number of aryl methyl sites for hydroxylation is 1. The van der Waals surface area contributed by atoms with Gasteiger partial charge in [-0.05, 0) is 17.7 Å². The maximum Gasteiger partial charge on any atom is 0.409 e. The van der Waals surface area contributed by atoms with Gasteiger partial charge in [-0.15, -0.1) is 0 Å². The van der Waals surface area contributed by atoms with E-state index in [0.29, 0.717) is 31.4 Å². The van der Waals surface area contributed by atoms with E-state index < -0.39 is 49.9 Å². The third-order valence-corrected chi connectivity index (χ3v) is 5.34. The maximum atomic E-state index is 13.5. The molecule has 0 aliphatic carbocycles. The lowest BCUT2D eigenvalue weighted by molar-refractivity contribution is -0.171. The van der Waals surface area contributed by atoms with Crippen molar-refractivity contribution < 1.29 is 30.4 Å². The fourth-order valence-corrected chi connectivity index (χ4v) is 3.47. The Morgan fingerprint density at radius 2 is 1.77 bits per heavy atom. The number of sulfonamides is 1. The first kappa shape index (κ1) is 20.0. The minimum Gasteiger partial charge on any atom is -0.268 e. The molecule has 0 saturated heterocycles. The second-order valence-corrected chi connectivity index (χ2v) is 7.29. The Hall–Kier alpha value is -2.34. The van der Waals surface area contributed by atoms with Gasteiger partial charge < -0.3 is 0 Å². The quantitative estimate of drug-likeness (QED) is 0.740. The van der Waals surface area contributed by atoms with E-state index in [1.165, 1.54) is 7.05 Å². The second-order valence-electron chi connectivity index (χ2n) is 5.29. The molecule has 1 heterocycles. The summed E-state index contributed by atoms with van der Waals surface area (Å²) in [4.78, 5) is 10.8. The van der Waals surface area contributed by atoms with Gasteiger partial charge >= 0.3 is 6.18 Å². The zero-order valence-corrected chi connectivity index (χ0v) is 14.1. The van der Waals surface area contributed by atoms with Crippen LogP contribution in [-0.4, -0.2) is 35.7 Å². The van der Waals surface area contributed by atoms with Crippen LogP contribution in [0.4, 0.5) is 22.0 Å². The molecule has 26 heavy (non-hydrogen) atoms. The van der Waals surface area contributed by atoms with Crippen molar-refractivity contribution in [3.8, 4) is 0 Å². The molecule has 0 amide bonds. The molecule has 2 rings (SSSR count). The van der Waals surface area contributed by atoms with Crippen LogP contribution < -0.4 is 5.56 Å². The molecule has 12 heteroatoms. The number of alkyl halides is 3. The van der Waals surface area contributed by atoms with Crippen LogP contribution in [0.15, 0.2) is 40.2 Å². The summed E-state index contributed by atoms with van der Waals surface area (Å²) in [6.45, 7) is 0. The van der Waals surface area contributed by atoms with Crippen molar-refractivity contribution >= 4 is 10.0 Å². The van der Waals surface area contributed by atoms with Gasteiger partial charge in [0, 0.05) is 20.2 Å². The lowest BCUT2D eigenvalue weighted by atomic mass is 10.1. The summed E-state index contributed by atoms with van der Waals surface area (Å²) in [5, 5.41) is 3.45. The molecule has 0 bridgehead atoms. The van der Waals surface area contributed by atoms with Gasteiger partial charge in [-0.3, -0.25) is 4.79 Å². The van der Waals surface area contributed by atoms with E-state index in [1.807, 2.05) is 0 Å². The van der Waals surface area contributed by atoms with Gasteiger partial charge in [-0.25, -0.2) is 21.9 Å². The Kier molecular flexibility index (Phi) is 5.19. The number of halogens is 5. The standard InChI is InChI=1S/C14H12F5N3O3S/c1-21-12(23)6-9(7-20-21)26(24,25)22(2)13(14(17,18)19)8-3-4-10(15)11(16)5-8/h3-7,13H,1-2H3/t13-/m1/s1. The van der Waals surface area contributed by atoms with Gasteiger partial charge in [0.25, 0.3) is 5.56 Å². The summed E-state index contributed by atoms with van der Waals surface area (Å²) >= 11 is 0. The number of aromatic nitrogens is 2. The van der Waals surface area contributed by atoms with Gasteiger partial charge in [-0.2, -0.15) is 22.6 Å². The molecule has 0 spiro atoms. The van der Waals surface area contributed by atoms with Crippen molar-refractivity contribution in [3.05, 3.63) is 58.0 Å². The van der Waals surface area contributed by atoms with Gasteiger partial charge in [0.2, 0.25) is 10.0 Å². The predicted octanol–water partition coefficient (Wildman–Crippen LogP) is 1.98. The minimum atomic E-state index is -5.14. The van der Waals surface area contributed by atoms with Crippen LogP contribution in [0.5, 0.6) is 0 Å². The summed E-state index contributed by atoms with van der Waals surface area (Å²) < 4.78 is 92.4. The lowest BCUT2D eigenvalue weighted by Crippen LogP contribution is -2.40. The molecule has 0 saturated carbocycles. The second kappa shape index (κ2) is 6.76. The number of nitrogens with zero attached hydrogens (tertiary/aromatic N) is 3. The van der Waals surface area contributed by atoms with Crippen molar-refractivity contribution in [1.29, 1.82) is 0 Å². The van der Waals surface area contributed by atoms with Crippen LogP contribution in [0.2, 0.25) is 0 Å². The lowest BCUT2D eigenvalue weighted by Gasteiger charge is -2.29. The first-order valence-corrected chi connectivity index (χ1v) is 8.32. The molecule has 1 aromatic carbocycles. The molecule has 0 unspecified atom stereocenters. The number of benzene rings is 1. The summed E-state index contributed by atoms with van der Waals surface area (Å²) in [7, 11) is -2.97. The zero-order valence-electron chi connectivity index (χ0n) is 13.3. The van der Waals surface area contributed by atoms with Crippen LogP contribution >= 0.6 is 0 Å². The topological polar surface area (TPSA) is 72.3 Å². The molecule has 1 aromatic heterocycles. The van der Waals surface area contributed by atoms with Crippen molar-refractivity contribution in [2.75, 3.05) is 7.05 Å². The molecule has 142 valence electrons. The van der Waals surface area contributed by atoms with Gasteiger partial charge in [-0.1, -0.05) is 6.07 Å². The normalized spacial score (nSPS) is 13.8. The van der Waals surface area contributed by atoms with E-state index in [9.17, 15) is 35.2 Å². The Morgan fingerprint density at radius 1 is 1.15 bits per heavy atom. The summed E-state index contributed by atoms with van der Waals surface area (Å²) in [6.07, 6.45) is -4.43. The van der Waals surface area contributed by atoms with E-state index >= 15 is 0 Å². The monoisotopic (exact) mass is 397 g/mol. The first-order valence-electron chi connectivity index (χ1n) is 6.88. The Labute approximate surface area is 144 Å². The van der Waals surface area contributed by atoms with E-state index in [1.54, 1.807) is 0 Å². The number of hydrogen-bond acceptors (Lipinski definition) is 4. The third kappa shape index (κ3) is 3.75. The van der Waals surface area contributed by atoms with Crippen LogP contribution in [0, 0.1) is 11.6 Å². The maximum absolute atomic E-state index is 13.5. The third-order valence-electron chi connectivity index (χ3n) is 3.55. The Morgan fingerprint density at radius 3 is 2.27 bits per heavy atom. The van der Waals surface area contributed by atoms with Crippen LogP contribution in [0.25, 0.3) is 0 Å². The summed E-state index contributed by atoms with van der Waals surface area (Å²) in [5.41, 5.74) is -1.67. The molecule has 1 atom stereocenters. The average Bonchev–Trinajstić information content (AvgIpc) is 2.52. The molecule has 0 aliphatic rings. The highest BCUT2D eigenvalue weighted by molar-refractivity contribution is 7.89. The highest BCUT2D eigenvalue weighted by Crippen LogP contribution is 2.39. The van der Waals surface area contributed by atoms with Crippen molar-refractivity contribution in [2.45, 2.75) is 17.1 Å². The average molecular weight is 397 g/mol. The highest BCUT2D eigenvalue weighted by Gasteiger charge is 2.48. The minimum absolute atomic E-state index is 0.0733. The fourth-order valence-electron chi connectivity index (χ4n) is 2.19. The molecular weight excluding hydrogens is 385 g/mol. The van der Waals surface area contributed by atoms with Crippen LogP contribution in [-0.2, 0) is 17.1 Å². The summed E-state index contributed by atoms with van der Waals surface area (Å²) in [5.74, 6) is -2.94. The molecule has 2 aromatic rings. The van der Waals surface area contributed by atoms with E-state index in [-0.39, 0.29) is 10.4 Å². The van der Waals surface area contributed by atoms with Gasteiger partial charge in [0.05, 0.1) is 6.20 Å². The Bertz CT molecular complexity index is 988. The molecule has 0 radical (unpaired) electrons. The molecule has 6 nitrogen and oxygen atoms in total. The largest absolute Gasteiger partial charge is 0.409 e. The van der Waals surface area contributed by atoms with Gasteiger partial charge in [0.1, 0.15) is 10.9 Å². The van der Waals surface area contributed by atoms with Crippen molar-refractivity contribution in [3.63, 3.8) is 0 Å².